The van der Waals surface area contributed by atoms with E-state index < -0.39 is 10.0 Å². The van der Waals surface area contributed by atoms with E-state index in [9.17, 15) is 8.42 Å². The van der Waals surface area contributed by atoms with Crippen molar-refractivity contribution in [2.45, 2.75) is 12.7 Å². The molecule has 0 saturated carbocycles. The largest absolute Gasteiger partial charge is 0.302 e. The van der Waals surface area contributed by atoms with Crippen LogP contribution in [0, 0.1) is 6.92 Å². The summed E-state index contributed by atoms with van der Waals surface area (Å²) in [6.45, 7) is 1.88. The van der Waals surface area contributed by atoms with Crippen LogP contribution < -0.4 is 4.89 Å². The molecule has 5 heteroatoms. The summed E-state index contributed by atoms with van der Waals surface area (Å²) in [6.07, 6.45) is 0. The molecular formula is C8H11NO3S. The zero-order valence-corrected chi connectivity index (χ0v) is 8.00. The number of hydrogen-bond donors (Lipinski definition) is 2. The Morgan fingerprint density at radius 1 is 1.46 bits per heavy atom. The molecule has 0 bridgehead atoms. The van der Waals surface area contributed by atoms with Crippen molar-refractivity contribution in [3.05, 3.63) is 35.4 Å². The average Bonchev–Trinajstić information content (AvgIpc) is 2.03. The summed E-state index contributed by atoms with van der Waals surface area (Å²) < 4.78 is 21.8. The second-order valence-corrected chi connectivity index (χ2v) is 4.54. The van der Waals surface area contributed by atoms with Crippen LogP contribution in [0.25, 0.3) is 0 Å². The molecule has 1 aromatic rings. The van der Waals surface area contributed by atoms with Crippen molar-refractivity contribution in [1.29, 1.82) is 0 Å². The lowest BCUT2D eigenvalue weighted by Crippen LogP contribution is -2.21. The summed E-state index contributed by atoms with van der Waals surface area (Å²) in [5.41, 5.74) is 1.65. The summed E-state index contributed by atoms with van der Waals surface area (Å²) >= 11 is 0. The molecule has 0 amide bonds. The van der Waals surface area contributed by atoms with Gasteiger partial charge in [0.1, 0.15) is 0 Å². The maximum Gasteiger partial charge on any atom is 0.237 e. The second-order valence-electron chi connectivity index (χ2n) is 2.84. The van der Waals surface area contributed by atoms with E-state index in [0.29, 0.717) is 5.56 Å². The Morgan fingerprint density at radius 2 is 2.15 bits per heavy atom. The maximum absolute atomic E-state index is 10.9. The third kappa shape index (κ3) is 3.14. The highest BCUT2D eigenvalue weighted by Gasteiger charge is 2.08. The molecule has 4 nitrogen and oxygen atoms in total. The summed E-state index contributed by atoms with van der Waals surface area (Å²) in [4.78, 5) is 1.28. The van der Waals surface area contributed by atoms with Gasteiger partial charge in [-0.2, -0.15) is 0 Å². The van der Waals surface area contributed by atoms with Gasteiger partial charge in [-0.3, -0.25) is 0 Å². The van der Waals surface area contributed by atoms with Crippen LogP contribution in [0.2, 0.25) is 0 Å². The van der Waals surface area contributed by atoms with E-state index in [1.165, 1.54) is 4.89 Å². The number of aryl methyl sites for hydroxylation is 1. The quantitative estimate of drug-likeness (QED) is 0.711. The van der Waals surface area contributed by atoms with Crippen molar-refractivity contribution < 1.29 is 13.6 Å². The van der Waals surface area contributed by atoms with E-state index in [4.69, 9.17) is 5.21 Å². The normalized spacial score (nSPS) is 11.5. The molecule has 0 radical (unpaired) electrons. The van der Waals surface area contributed by atoms with Gasteiger partial charge in [0.2, 0.25) is 10.0 Å². The molecule has 0 atom stereocenters. The molecule has 0 aromatic heterocycles. The van der Waals surface area contributed by atoms with Gasteiger partial charge in [-0.05, 0) is 12.5 Å². The lowest BCUT2D eigenvalue weighted by atomic mass is 10.2. The first-order chi connectivity index (χ1) is 6.03. The molecule has 13 heavy (non-hydrogen) atoms. The third-order valence-electron chi connectivity index (χ3n) is 1.58. The standard InChI is InChI=1S/C8H11NO3S/c1-7-3-2-4-8(5-7)6-13(11,12)9-10/h2-5,9-10H,6H2,1H3. The zero-order valence-electron chi connectivity index (χ0n) is 7.19. The Kier molecular flexibility index (Phi) is 3.02. The predicted octanol–water partition coefficient (Wildman–Crippen LogP) is 0.804. The molecule has 0 aliphatic rings. The lowest BCUT2D eigenvalue weighted by molar-refractivity contribution is 0.242. The van der Waals surface area contributed by atoms with Crippen LogP contribution in [0.5, 0.6) is 0 Å². The van der Waals surface area contributed by atoms with Crippen LogP contribution >= 0.6 is 0 Å². The minimum atomic E-state index is -3.58. The molecule has 1 rings (SSSR count). The van der Waals surface area contributed by atoms with E-state index in [-0.39, 0.29) is 5.75 Å². The van der Waals surface area contributed by atoms with E-state index in [1.54, 1.807) is 18.2 Å². The fourth-order valence-electron chi connectivity index (χ4n) is 1.05. The Hall–Kier alpha value is -0.910. The van der Waals surface area contributed by atoms with Gasteiger partial charge in [-0.25, -0.2) is 8.42 Å². The summed E-state index contributed by atoms with van der Waals surface area (Å²) in [7, 11) is -3.58. The predicted molar refractivity (Wildman–Crippen MR) is 48.7 cm³/mol. The molecule has 0 fully saturated rings. The number of rotatable bonds is 3. The highest BCUT2D eigenvalue weighted by Crippen LogP contribution is 2.06. The van der Waals surface area contributed by atoms with Crippen LogP contribution in [-0.2, 0) is 15.8 Å². The molecule has 72 valence electrons. The van der Waals surface area contributed by atoms with Gasteiger partial charge in [0.15, 0.2) is 0 Å². The van der Waals surface area contributed by atoms with Gasteiger partial charge in [-0.1, -0.05) is 34.7 Å². The van der Waals surface area contributed by atoms with Crippen molar-refractivity contribution in [1.82, 2.24) is 4.89 Å². The highest BCUT2D eigenvalue weighted by molar-refractivity contribution is 7.88. The first-order valence-corrected chi connectivity index (χ1v) is 5.38. The number of benzene rings is 1. The minimum absolute atomic E-state index is 0.203. The van der Waals surface area contributed by atoms with E-state index in [1.807, 2.05) is 13.0 Å². The summed E-state index contributed by atoms with van der Waals surface area (Å²) in [6, 6.07) is 7.11. The van der Waals surface area contributed by atoms with Crippen molar-refractivity contribution in [2.24, 2.45) is 0 Å². The van der Waals surface area contributed by atoms with Crippen molar-refractivity contribution in [3.63, 3.8) is 0 Å². The van der Waals surface area contributed by atoms with E-state index in [0.717, 1.165) is 5.56 Å². The topological polar surface area (TPSA) is 66.4 Å². The third-order valence-corrected chi connectivity index (χ3v) is 2.57. The molecule has 0 saturated heterocycles. The number of nitrogens with one attached hydrogen (secondary N) is 1. The van der Waals surface area contributed by atoms with Gasteiger partial charge in [0.25, 0.3) is 0 Å². The fraction of sp³-hybridized carbons (Fsp3) is 0.250. The highest BCUT2D eigenvalue weighted by atomic mass is 32.2. The fourth-order valence-corrected chi connectivity index (χ4v) is 1.74. The first kappa shape index (κ1) is 10.2. The van der Waals surface area contributed by atoms with Gasteiger partial charge >= 0.3 is 0 Å². The van der Waals surface area contributed by atoms with Crippen LogP contribution in [0.4, 0.5) is 0 Å². The second kappa shape index (κ2) is 3.87. The SMILES string of the molecule is Cc1cccc(CS(=O)(=O)NO)c1. The Morgan fingerprint density at radius 3 is 2.69 bits per heavy atom. The Balaban J connectivity index is 2.87. The number of hydrogen-bond acceptors (Lipinski definition) is 3. The molecule has 0 aliphatic heterocycles. The van der Waals surface area contributed by atoms with Crippen LogP contribution in [0.1, 0.15) is 11.1 Å². The minimum Gasteiger partial charge on any atom is -0.302 e. The van der Waals surface area contributed by atoms with Crippen LogP contribution in [0.15, 0.2) is 24.3 Å². The molecule has 0 heterocycles. The van der Waals surface area contributed by atoms with Crippen LogP contribution in [-0.4, -0.2) is 13.6 Å². The molecule has 1 aromatic carbocycles. The van der Waals surface area contributed by atoms with Crippen LogP contribution in [0.3, 0.4) is 0 Å². The van der Waals surface area contributed by atoms with Gasteiger partial charge in [0.05, 0.1) is 5.75 Å². The monoisotopic (exact) mass is 201 g/mol. The first-order valence-electron chi connectivity index (χ1n) is 3.72. The summed E-state index contributed by atoms with van der Waals surface area (Å²) in [5, 5.41) is 8.29. The molecule has 0 aliphatic carbocycles. The van der Waals surface area contributed by atoms with Gasteiger partial charge in [-0.15, -0.1) is 0 Å². The van der Waals surface area contributed by atoms with Crippen molar-refractivity contribution in [3.8, 4) is 0 Å². The maximum atomic E-state index is 10.9. The van der Waals surface area contributed by atoms with Crippen molar-refractivity contribution in [2.75, 3.05) is 0 Å². The average molecular weight is 201 g/mol. The molecule has 0 spiro atoms. The molecular weight excluding hydrogens is 190 g/mol. The number of sulfonamides is 1. The van der Waals surface area contributed by atoms with Crippen molar-refractivity contribution >= 4 is 10.0 Å². The summed E-state index contributed by atoms with van der Waals surface area (Å²) in [5.74, 6) is -0.203. The zero-order chi connectivity index (χ0) is 9.90. The van der Waals surface area contributed by atoms with Gasteiger partial charge < -0.3 is 5.21 Å². The van der Waals surface area contributed by atoms with Gasteiger partial charge in [0, 0.05) is 0 Å². The molecule has 2 N–H and O–H groups in total. The van der Waals surface area contributed by atoms with E-state index >= 15 is 0 Å². The Bertz CT molecular complexity index is 386. The Labute approximate surface area is 77.2 Å². The smallest absolute Gasteiger partial charge is 0.237 e. The lowest BCUT2D eigenvalue weighted by Gasteiger charge is -2.02. The van der Waals surface area contributed by atoms with E-state index in [2.05, 4.69) is 0 Å². The molecule has 0 unspecified atom stereocenters.